The van der Waals surface area contributed by atoms with Crippen LogP contribution in [0.2, 0.25) is 0 Å². The molecule has 3 rings (SSSR count). The lowest BCUT2D eigenvalue weighted by molar-refractivity contribution is 0.0600. The molecule has 0 N–H and O–H groups in total. The Morgan fingerprint density at radius 2 is 1.90 bits per heavy atom. The number of carbonyl (C=O) groups is 1. The molecule has 2 aromatic rings. The van der Waals surface area contributed by atoms with Gasteiger partial charge in [0.15, 0.2) is 0 Å². The number of aryl methyl sites for hydroxylation is 1. The van der Waals surface area contributed by atoms with E-state index in [1.807, 2.05) is 25.1 Å². The minimum absolute atomic E-state index is 0.296. The molecule has 0 spiro atoms. The van der Waals surface area contributed by atoms with Crippen molar-refractivity contribution in [2.45, 2.75) is 46.2 Å². The topological polar surface area (TPSA) is 54.9 Å². The van der Waals surface area contributed by atoms with E-state index in [4.69, 9.17) is 14.5 Å². The molecule has 6 nitrogen and oxygen atoms in total. The minimum atomic E-state index is -0.329. The number of esters is 1. The third-order valence-corrected chi connectivity index (χ3v) is 5.79. The third-order valence-electron chi connectivity index (χ3n) is 5.79. The van der Waals surface area contributed by atoms with Crippen LogP contribution in [0, 0.1) is 6.92 Å². The first-order valence-electron chi connectivity index (χ1n) is 10.6. The van der Waals surface area contributed by atoms with Gasteiger partial charge in [-0.05, 0) is 49.1 Å². The summed E-state index contributed by atoms with van der Waals surface area (Å²) < 4.78 is 10.3. The predicted molar refractivity (Wildman–Crippen MR) is 119 cm³/mol. The number of hydrogen-bond acceptors (Lipinski definition) is 6. The molecule has 30 heavy (non-hydrogen) atoms. The molecule has 2 heterocycles. The van der Waals surface area contributed by atoms with Gasteiger partial charge in [-0.25, -0.2) is 9.78 Å². The van der Waals surface area contributed by atoms with E-state index in [1.54, 1.807) is 7.11 Å². The molecule has 1 aliphatic heterocycles. The normalized spacial score (nSPS) is 17.3. The van der Waals surface area contributed by atoms with E-state index in [2.05, 4.69) is 42.7 Å². The lowest BCUT2D eigenvalue weighted by Crippen LogP contribution is -2.52. The van der Waals surface area contributed by atoms with Gasteiger partial charge in [-0.2, -0.15) is 0 Å². The van der Waals surface area contributed by atoms with Gasteiger partial charge >= 0.3 is 5.97 Å². The zero-order valence-electron chi connectivity index (χ0n) is 18.9. The number of pyridine rings is 1. The zero-order chi connectivity index (χ0) is 21.8. The van der Waals surface area contributed by atoms with Crippen molar-refractivity contribution in [2.24, 2.45) is 0 Å². The number of methoxy groups -OCH3 is 2. The van der Waals surface area contributed by atoms with Gasteiger partial charge in [0, 0.05) is 37.9 Å². The summed E-state index contributed by atoms with van der Waals surface area (Å²) in [6.45, 7) is 11.9. The average molecular weight is 412 g/mol. The van der Waals surface area contributed by atoms with Crippen molar-refractivity contribution in [3.63, 3.8) is 0 Å². The highest BCUT2D eigenvalue weighted by Crippen LogP contribution is 2.28. The number of rotatable bonds is 6. The Morgan fingerprint density at radius 1 is 1.20 bits per heavy atom. The van der Waals surface area contributed by atoms with Crippen LogP contribution in [0.3, 0.4) is 0 Å². The summed E-state index contributed by atoms with van der Waals surface area (Å²) >= 11 is 0. The SMILES string of the molecule is COC(=O)c1cc(C)c(C(C)C)nc1N1CCN(Cc2ccc(OC)cc2)C(C)C1. The molecule has 0 bridgehead atoms. The minimum Gasteiger partial charge on any atom is -0.497 e. The quantitative estimate of drug-likeness (QED) is 0.669. The second-order valence-electron chi connectivity index (χ2n) is 8.32. The maximum absolute atomic E-state index is 12.4. The van der Waals surface area contributed by atoms with Crippen LogP contribution in [0.25, 0.3) is 0 Å². The first-order valence-corrected chi connectivity index (χ1v) is 10.6. The molecular weight excluding hydrogens is 378 g/mol. The standard InChI is InChI=1S/C24H33N3O3/c1-16(2)22-17(3)13-21(24(28)30-6)23(25-22)27-12-11-26(18(4)14-27)15-19-7-9-20(29-5)10-8-19/h7-10,13,16,18H,11-12,14-15H2,1-6H3. The Labute approximate surface area is 179 Å². The number of piperazine rings is 1. The molecule has 0 amide bonds. The Kier molecular flexibility index (Phi) is 6.98. The van der Waals surface area contributed by atoms with E-state index in [0.29, 0.717) is 17.5 Å². The van der Waals surface area contributed by atoms with Crippen LogP contribution in [-0.2, 0) is 11.3 Å². The van der Waals surface area contributed by atoms with Crippen LogP contribution in [0.15, 0.2) is 30.3 Å². The van der Waals surface area contributed by atoms with E-state index in [1.165, 1.54) is 12.7 Å². The molecule has 0 saturated carbocycles. The number of hydrogen-bond donors (Lipinski definition) is 0. The zero-order valence-corrected chi connectivity index (χ0v) is 18.9. The molecular formula is C24H33N3O3. The Bertz CT molecular complexity index is 880. The van der Waals surface area contributed by atoms with Crippen LogP contribution in [0.4, 0.5) is 5.82 Å². The number of aromatic nitrogens is 1. The van der Waals surface area contributed by atoms with Crippen molar-refractivity contribution in [2.75, 3.05) is 38.8 Å². The molecule has 1 saturated heterocycles. The predicted octanol–water partition coefficient (Wildman–Crippen LogP) is 4.02. The number of anilines is 1. The van der Waals surface area contributed by atoms with Gasteiger partial charge in [-0.1, -0.05) is 26.0 Å². The van der Waals surface area contributed by atoms with E-state index in [-0.39, 0.29) is 5.97 Å². The fourth-order valence-electron chi connectivity index (χ4n) is 4.09. The fraction of sp³-hybridized carbons (Fsp3) is 0.500. The fourth-order valence-corrected chi connectivity index (χ4v) is 4.09. The Morgan fingerprint density at radius 3 is 2.47 bits per heavy atom. The van der Waals surface area contributed by atoms with Crippen molar-refractivity contribution >= 4 is 11.8 Å². The number of benzene rings is 1. The maximum Gasteiger partial charge on any atom is 0.341 e. The van der Waals surface area contributed by atoms with E-state index in [0.717, 1.165) is 49.0 Å². The van der Waals surface area contributed by atoms with Crippen LogP contribution in [0.5, 0.6) is 5.75 Å². The number of ether oxygens (including phenoxy) is 2. The largest absolute Gasteiger partial charge is 0.497 e. The molecule has 1 aromatic carbocycles. The van der Waals surface area contributed by atoms with Crippen molar-refractivity contribution in [3.8, 4) is 5.75 Å². The van der Waals surface area contributed by atoms with Crippen molar-refractivity contribution in [3.05, 3.63) is 52.7 Å². The Hall–Kier alpha value is -2.60. The van der Waals surface area contributed by atoms with Gasteiger partial charge in [0.05, 0.1) is 14.2 Å². The summed E-state index contributed by atoms with van der Waals surface area (Å²) in [6.07, 6.45) is 0. The maximum atomic E-state index is 12.4. The van der Waals surface area contributed by atoms with E-state index in [9.17, 15) is 4.79 Å². The molecule has 1 fully saturated rings. The lowest BCUT2D eigenvalue weighted by Gasteiger charge is -2.41. The second kappa shape index (κ2) is 9.47. The average Bonchev–Trinajstić information content (AvgIpc) is 2.74. The van der Waals surface area contributed by atoms with Crippen molar-refractivity contribution < 1.29 is 14.3 Å². The van der Waals surface area contributed by atoms with Gasteiger partial charge in [-0.15, -0.1) is 0 Å². The third kappa shape index (κ3) is 4.75. The summed E-state index contributed by atoms with van der Waals surface area (Å²) in [6, 6.07) is 10.5. The van der Waals surface area contributed by atoms with Crippen molar-refractivity contribution in [1.82, 2.24) is 9.88 Å². The second-order valence-corrected chi connectivity index (χ2v) is 8.32. The summed E-state index contributed by atoms with van der Waals surface area (Å²) in [7, 11) is 3.11. The molecule has 1 atom stereocenters. The molecule has 0 radical (unpaired) electrons. The van der Waals surface area contributed by atoms with Gasteiger partial charge in [-0.3, -0.25) is 4.90 Å². The molecule has 162 valence electrons. The van der Waals surface area contributed by atoms with Crippen LogP contribution in [-0.4, -0.2) is 55.7 Å². The first-order chi connectivity index (χ1) is 14.3. The van der Waals surface area contributed by atoms with E-state index >= 15 is 0 Å². The van der Waals surface area contributed by atoms with Crippen molar-refractivity contribution in [1.29, 1.82) is 0 Å². The van der Waals surface area contributed by atoms with Crippen LogP contribution in [0.1, 0.15) is 53.9 Å². The van der Waals surface area contributed by atoms with E-state index < -0.39 is 0 Å². The highest BCUT2D eigenvalue weighted by Gasteiger charge is 2.28. The van der Waals surface area contributed by atoms with Gasteiger partial charge < -0.3 is 14.4 Å². The van der Waals surface area contributed by atoms with Crippen LogP contribution < -0.4 is 9.64 Å². The lowest BCUT2D eigenvalue weighted by atomic mass is 10.0. The molecule has 0 aliphatic carbocycles. The Balaban J connectivity index is 1.79. The van der Waals surface area contributed by atoms with Gasteiger partial charge in [0.1, 0.15) is 17.1 Å². The molecule has 1 aliphatic rings. The number of nitrogens with zero attached hydrogens (tertiary/aromatic N) is 3. The summed E-state index contributed by atoms with van der Waals surface area (Å²) in [4.78, 5) is 22.1. The molecule has 1 unspecified atom stereocenters. The highest BCUT2D eigenvalue weighted by atomic mass is 16.5. The van der Waals surface area contributed by atoms with Crippen LogP contribution >= 0.6 is 0 Å². The summed E-state index contributed by atoms with van der Waals surface area (Å²) in [5.41, 5.74) is 3.88. The smallest absolute Gasteiger partial charge is 0.341 e. The summed E-state index contributed by atoms with van der Waals surface area (Å²) in [5, 5.41) is 0. The molecule has 6 heteroatoms. The highest BCUT2D eigenvalue weighted by molar-refractivity contribution is 5.95. The monoisotopic (exact) mass is 411 g/mol. The van der Waals surface area contributed by atoms with Gasteiger partial charge in [0.25, 0.3) is 0 Å². The van der Waals surface area contributed by atoms with Gasteiger partial charge in [0.2, 0.25) is 0 Å². The molecule has 1 aromatic heterocycles. The summed E-state index contributed by atoms with van der Waals surface area (Å²) in [5.74, 6) is 1.58. The number of carbonyl (C=O) groups excluding carboxylic acids is 1. The first kappa shape index (κ1) is 22.1.